The highest BCUT2D eigenvalue weighted by Crippen LogP contribution is 2.36. The fourth-order valence-corrected chi connectivity index (χ4v) is 2.13. The number of fused-ring (bicyclic) bond motifs is 1. The Labute approximate surface area is 103 Å². The second-order valence-electron chi connectivity index (χ2n) is 5.84. The number of allylic oxidation sites excluding steroid dienone is 1. The van der Waals surface area contributed by atoms with Crippen LogP contribution in [0.3, 0.4) is 0 Å². The molecule has 1 N–H and O–H groups in total. The van der Waals surface area contributed by atoms with Gasteiger partial charge < -0.3 is 5.32 Å². The topological polar surface area (TPSA) is 29.1 Å². The molecule has 0 saturated heterocycles. The lowest BCUT2D eigenvalue weighted by atomic mass is 9.85. The fraction of sp³-hybridized carbons (Fsp3) is 0.400. The van der Waals surface area contributed by atoms with E-state index in [4.69, 9.17) is 0 Å². The van der Waals surface area contributed by atoms with Crippen molar-refractivity contribution in [3.8, 4) is 0 Å². The van der Waals surface area contributed by atoms with E-state index < -0.39 is 0 Å². The third-order valence-corrected chi connectivity index (χ3v) is 3.13. The Morgan fingerprint density at radius 1 is 1.18 bits per heavy atom. The monoisotopic (exact) mass is 229 g/mol. The van der Waals surface area contributed by atoms with E-state index >= 15 is 0 Å². The molecule has 0 aliphatic carbocycles. The van der Waals surface area contributed by atoms with Gasteiger partial charge >= 0.3 is 0 Å². The van der Waals surface area contributed by atoms with Gasteiger partial charge in [-0.25, -0.2) is 0 Å². The van der Waals surface area contributed by atoms with Crippen LogP contribution in [0.15, 0.2) is 23.8 Å². The molecular weight excluding hydrogens is 210 g/mol. The zero-order valence-electron chi connectivity index (χ0n) is 11.1. The van der Waals surface area contributed by atoms with Crippen molar-refractivity contribution in [1.29, 1.82) is 0 Å². The van der Waals surface area contributed by atoms with Gasteiger partial charge in [0.25, 0.3) is 5.91 Å². The molecule has 1 amide bonds. The molecule has 0 aromatic heterocycles. The molecule has 1 aromatic rings. The average Bonchev–Trinajstić information content (AvgIpc) is 2.50. The molecule has 1 aliphatic rings. The summed E-state index contributed by atoms with van der Waals surface area (Å²) >= 11 is 0. The summed E-state index contributed by atoms with van der Waals surface area (Å²) in [5.74, 6) is 0.0195. The van der Waals surface area contributed by atoms with Crippen molar-refractivity contribution in [2.24, 2.45) is 0 Å². The van der Waals surface area contributed by atoms with Gasteiger partial charge in [-0.05, 0) is 37.0 Å². The second-order valence-corrected chi connectivity index (χ2v) is 5.84. The molecule has 2 heteroatoms. The van der Waals surface area contributed by atoms with Gasteiger partial charge in [0.1, 0.15) is 0 Å². The summed E-state index contributed by atoms with van der Waals surface area (Å²) < 4.78 is 0. The first kappa shape index (κ1) is 11.9. The third kappa shape index (κ3) is 1.99. The fourth-order valence-electron chi connectivity index (χ4n) is 2.13. The predicted octanol–water partition coefficient (Wildman–Crippen LogP) is 3.73. The molecule has 0 bridgehead atoms. The molecule has 1 heterocycles. The summed E-state index contributed by atoms with van der Waals surface area (Å²) in [4.78, 5) is 11.9. The molecule has 1 aromatic carbocycles. The quantitative estimate of drug-likeness (QED) is 0.675. The van der Waals surface area contributed by atoms with Gasteiger partial charge in [0.2, 0.25) is 0 Å². The standard InChI is InChI=1S/C15H19NO/c1-9(2)13-11-8-10(15(3,4)5)6-7-12(11)16-14(13)17/h6-8H,1-5H3,(H,16,17). The molecule has 2 rings (SSSR count). The molecule has 0 fully saturated rings. The van der Waals surface area contributed by atoms with E-state index in [1.165, 1.54) is 5.56 Å². The lowest BCUT2D eigenvalue weighted by molar-refractivity contribution is -0.110. The Balaban J connectivity index is 2.62. The van der Waals surface area contributed by atoms with Gasteiger partial charge in [-0.3, -0.25) is 4.79 Å². The maximum absolute atomic E-state index is 11.9. The van der Waals surface area contributed by atoms with Crippen LogP contribution in [-0.4, -0.2) is 5.91 Å². The van der Waals surface area contributed by atoms with E-state index in [1.807, 2.05) is 19.9 Å². The first-order valence-corrected chi connectivity index (χ1v) is 5.94. The van der Waals surface area contributed by atoms with Gasteiger partial charge in [0.15, 0.2) is 0 Å². The summed E-state index contributed by atoms with van der Waals surface area (Å²) in [5.41, 5.74) is 5.22. The van der Waals surface area contributed by atoms with Gasteiger partial charge in [0, 0.05) is 16.8 Å². The van der Waals surface area contributed by atoms with E-state index in [0.717, 1.165) is 22.4 Å². The smallest absolute Gasteiger partial charge is 0.256 e. The Bertz CT molecular complexity index is 514. The molecule has 1 aliphatic heterocycles. The summed E-state index contributed by atoms with van der Waals surface area (Å²) in [6.07, 6.45) is 0. The van der Waals surface area contributed by atoms with Crippen molar-refractivity contribution >= 4 is 17.2 Å². The van der Waals surface area contributed by atoms with Crippen molar-refractivity contribution in [3.05, 3.63) is 34.9 Å². The van der Waals surface area contributed by atoms with Crippen LogP contribution in [0.2, 0.25) is 0 Å². The van der Waals surface area contributed by atoms with Crippen LogP contribution < -0.4 is 5.32 Å². The molecule has 0 saturated carbocycles. The Morgan fingerprint density at radius 3 is 2.35 bits per heavy atom. The first-order chi connectivity index (χ1) is 7.80. The predicted molar refractivity (Wildman–Crippen MR) is 72.0 cm³/mol. The molecule has 0 spiro atoms. The third-order valence-electron chi connectivity index (χ3n) is 3.13. The Kier molecular flexibility index (Phi) is 2.61. The van der Waals surface area contributed by atoms with Gasteiger partial charge in [-0.15, -0.1) is 0 Å². The molecular formula is C15H19NO. The van der Waals surface area contributed by atoms with Crippen LogP contribution in [0.1, 0.15) is 45.7 Å². The molecule has 0 atom stereocenters. The van der Waals surface area contributed by atoms with Crippen LogP contribution >= 0.6 is 0 Å². The lowest BCUT2D eigenvalue weighted by Gasteiger charge is -2.19. The van der Waals surface area contributed by atoms with Crippen LogP contribution in [0.4, 0.5) is 5.69 Å². The normalized spacial score (nSPS) is 14.6. The number of anilines is 1. The highest BCUT2D eigenvalue weighted by molar-refractivity contribution is 6.32. The second kappa shape index (κ2) is 3.73. The molecule has 90 valence electrons. The lowest BCUT2D eigenvalue weighted by Crippen LogP contribution is -2.11. The summed E-state index contributed by atoms with van der Waals surface area (Å²) in [7, 11) is 0. The van der Waals surface area contributed by atoms with Crippen molar-refractivity contribution < 1.29 is 4.79 Å². The number of hydrogen-bond donors (Lipinski definition) is 1. The van der Waals surface area contributed by atoms with Gasteiger partial charge in [-0.1, -0.05) is 32.4 Å². The zero-order chi connectivity index (χ0) is 12.8. The van der Waals surface area contributed by atoms with E-state index in [-0.39, 0.29) is 11.3 Å². The average molecular weight is 229 g/mol. The number of amides is 1. The SMILES string of the molecule is CC(C)=C1C(=O)Nc2ccc(C(C)(C)C)cc21. The minimum Gasteiger partial charge on any atom is -0.321 e. The minimum atomic E-state index is 0.0195. The first-order valence-electron chi connectivity index (χ1n) is 5.94. The summed E-state index contributed by atoms with van der Waals surface area (Å²) in [5, 5.41) is 2.91. The Morgan fingerprint density at radius 2 is 1.82 bits per heavy atom. The molecule has 17 heavy (non-hydrogen) atoms. The van der Waals surface area contributed by atoms with Gasteiger partial charge in [-0.2, -0.15) is 0 Å². The number of carbonyl (C=O) groups is 1. The number of carbonyl (C=O) groups excluding carboxylic acids is 1. The van der Waals surface area contributed by atoms with Crippen molar-refractivity contribution in [2.75, 3.05) is 5.32 Å². The molecule has 0 radical (unpaired) electrons. The number of nitrogens with one attached hydrogen (secondary N) is 1. The summed E-state index contributed by atoms with van der Waals surface area (Å²) in [6.45, 7) is 10.5. The number of benzene rings is 1. The minimum absolute atomic E-state index is 0.0195. The van der Waals surface area contributed by atoms with E-state index in [9.17, 15) is 4.79 Å². The van der Waals surface area contributed by atoms with Crippen molar-refractivity contribution in [1.82, 2.24) is 0 Å². The number of rotatable bonds is 0. The Hall–Kier alpha value is -1.57. The highest BCUT2D eigenvalue weighted by Gasteiger charge is 2.26. The van der Waals surface area contributed by atoms with Crippen molar-refractivity contribution in [2.45, 2.75) is 40.0 Å². The van der Waals surface area contributed by atoms with Crippen molar-refractivity contribution in [3.63, 3.8) is 0 Å². The van der Waals surface area contributed by atoms with E-state index in [2.05, 4.69) is 38.2 Å². The van der Waals surface area contributed by atoms with Crippen LogP contribution in [0.25, 0.3) is 5.57 Å². The highest BCUT2D eigenvalue weighted by atomic mass is 16.2. The van der Waals surface area contributed by atoms with Crippen LogP contribution in [-0.2, 0) is 10.2 Å². The van der Waals surface area contributed by atoms with E-state index in [0.29, 0.717) is 0 Å². The van der Waals surface area contributed by atoms with Crippen LogP contribution in [0.5, 0.6) is 0 Å². The van der Waals surface area contributed by atoms with E-state index in [1.54, 1.807) is 0 Å². The largest absolute Gasteiger partial charge is 0.321 e. The molecule has 0 unspecified atom stereocenters. The van der Waals surface area contributed by atoms with Crippen LogP contribution in [0, 0.1) is 0 Å². The number of hydrogen-bond acceptors (Lipinski definition) is 1. The summed E-state index contributed by atoms with van der Waals surface area (Å²) in [6, 6.07) is 6.23. The zero-order valence-corrected chi connectivity index (χ0v) is 11.1. The molecule has 2 nitrogen and oxygen atoms in total. The maximum Gasteiger partial charge on any atom is 0.256 e. The maximum atomic E-state index is 11.9. The van der Waals surface area contributed by atoms with Gasteiger partial charge in [0.05, 0.1) is 0 Å².